The van der Waals surface area contributed by atoms with Crippen molar-refractivity contribution in [3.63, 3.8) is 0 Å². The third kappa shape index (κ3) is 2.55. The highest BCUT2D eigenvalue weighted by molar-refractivity contribution is 5.59. The lowest BCUT2D eigenvalue weighted by Gasteiger charge is -2.11. The van der Waals surface area contributed by atoms with Gasteiger partial charge < -0.3 is 4.74 Å². The first-order valence-electron chi connectivity index (χ1n) is 8.66. The number of rotatable bonds is 1. The molecule has 0 fully saturated rings. The van der Waals surface area contributed by atoms with E-state index in [9.17, 15) is 4.39 Å². The SMILES string of the molecule is COc1ccc2c(c1)-n1nncc1Cc1c(C#Cc3ccccc3F)ncn1-2. The molecule has 2 aromatic heterocycles. The maximum Gasteiger partial charge on any atom is 0.138 e. The van der Waals surface area contributed by atoms with Gasteiger partial charge in [-0.2, -0.15) is 0 Å². The summed E-state index contributed by atoms with van der Waals surface area (Å²) < 4.78 is 23.0. The van der Waals surface area contributed by atoms with Gasteiger partial charge >= 0.3 is 0 Å². The van der Waals surface area contributed by atoms with Gasteiger partial charge in [-0.1, -0.05) is 23.3 Å². The van der Waals surface area contributed by atoms with Gasteiger partial charge in [0.2, 0.25) is 0 Å². The molecule has 0 N–H and O–H groups in total. The number of aromatic nitrogens is 5. The zero-order valence-corrected chi connectivity index (χ0v) is 14.9. The van der Waals surface area contributed by atoms with Gasteiger partial charge in [-0.3, -0.25) is 4.57 Å². The lowest BCUT2D eigenvalue weighted by atomic mass is 10.1. The number of halogens is 1. The normalized spacial score (nSPS) is 11.5. The zero-order chi connectivity index (χ0) is 19.1. The van der Waals surface area contributed by atoms with Gasteiger partial charge in [0.15, 0.2) is 0 Å². The molecule has 0 amide bonds. The van der Waals surface area contributed by atoms with E-state index in [2.05, 4.69) is 27.1 Å². The van der Waals surface area contributed by atoms with Gasteiger partial charge in [0, 0.05) is 12.5 Å². The van der Waals surface area contributed by atoms with E-state index in [4.69, 9.17) is 4.74 Å². The first kappa shape index (κ1) is 16.3. The summed E-state index contributed by atoms with van der Waals surface area (Å²) in [5.41, 5.74) is 4.48. The predicted molar refractivity (Wildman–Crippen MR) is 100 cm³/mol. The molecule has 0 bridgehead atoms. The molecule has 1 aliphatic rings. The van der Waals surface area contributed by atoms with Crippen LogP contribution in [-0.2, 0) is 6.42 Å². The second kappa shape index (κ2) is 6.35. The van der Waals surface area contributed by atoms with Crippen LogP contribution in [0.3, 0.4) is 0 Å². The molecule has 0 radical (unpaired) electrons. The second-order valence-electron chi connectivity index (χ2n) is 6.31. The van der Waals surface area contributed by atoms with Crippen molar-refractivity contribution in [2.24, 2.45) is 0 Å². The van der Waals surface area contributed by atoms with Crippen LogP contribution in [0.1, 0.15) is 22.6 Å². The van der Waals surface area contributed by atoms with Gasteiger partial charge in [0.05, 0.1) is 41.6 Å². The first-order valence-corrected chi connectivity index (χ1v) is 8.66. The van der Waals surface area contributed by atoms with Crippen LogP contribution in [0.2, 0.25) is 0 Å². The number of hydrogen-bond acceptors (Lipinski definition) is 4. The van der Waals surface area contributed by atoms with E-state index in [1.165, 1.54) is 6.07 Å². The molecule has 28 heavy (non-hydrogen) atoms. The van der Waals surface area contributed by atoms with Crippen LogP contribution in [0.4, 0.5) is 4.39 Å². The van der Waals surface area contributed by atoms with Crippen LogP contribution in [-0.4, -0.2) is 31.7 Å². The van der Waals surface area contributed by atoms with Crippen LogP contribution < -0.4 is 4.74 Å². The van der Waals surface area contributed by atoms with Crippen LogP contribution in [0.15, 0.2) is 55.0 Å². The van der Waals surface area contributed by atoms with Gasteiger partial charge in [0.25, 0.3) is 0 Å². The van der Waals surface area contributed by atoms with E-state index in [0.29, 0.717) is 17.7 Å². The summed E-state index contributed by atoms with van der Waals surface area (Å²) in [6.45, 7) is 0. The van der Waals surface area contributed by atoms with E-state index in [1.54, 1.807) is 42.5 Å². The molecule has 6 nitrogen and oxygen atoms in total. The minimum Gasteiger partial charge on any atom is -0.497 e. The maximum absolute atomic E-state index is 13.9. The number of fused-ring (bicyclic) bond motifs is 5. The van der Waals surface area contributed by atoms with Crippen molar-refractivity contribution in [2.45, 2.75) is 6.42 Å². The maximum atomic E-state index is 13.9. The lowest BCUT2D eigenvalue weighted by molar-refractivity contribution is 0.414. The summed E-state index contributed by atoms with van der Waals surface area (Å²) in [5.74, 6) is 6.28. The molecule has 0 spiro atoms. The van der Waals surface area contributed by atoms with Gasteiger partial charge in [-0.25, -0.2) is 14.1 Å². The number of benzene rings is 2. The Morgan fingerprint density at radius 2 is 2.00 bits per heavy atom. The fraction of sp³-hybridized carbons (Fsp3) is 0.0952. The van der Waals surface area contributed by atoms with E-state index < -0.39 is 0 Å². The average molecular weight is 371 g/mol. The van der Waals surface area contributed by atoms with Crippen LogP contribution in [0.25, 0.3) is 11.4 Å². The van der Waals surface area contributed by atoms with Crippen molar-refractivity contribution in [1.29, 1.82) is 0 Å². The molecule has 0 unspecified atom stereocenters. The van der Waals surface area contributed by atoms with Crippen LogP contribution in [0, 0.1) is 17.7 Å². The van der Waals surface area contributed by atoms with Crippen LogP contribution >= 0.6 is 0 Å². The van der Waals surface area contributed by atoms with E-state index in [0.717, 1.165) is 28.5 Å². The summed E-state index contributed by atoms with van der Waals surface area (Å²) in [5, 5.41) is 8.27. The summed E-state index contributed by atoms with van der Waals surface area (Å²) in [6, 6.07) is 12.2. The topological polar surface area (TPSA) is 57.8 Å². The Bertz CT molecular complexity index is 1260. The number of hydrogen-bond donors (Lipinski definition) is 0. The predicted octanol–water partition coefficient (Wildman–Crippen LogP) is 2.90. The average Bonchev–Trinajstić information content (AvgIpc) is 3.32. The Balaban J connectivity index is 1.68. The fourth-order valence-electron chi connectivity index (χ4n) is 3.30. The van der Waals surface area contributed by atoms with Crippen molar-refractivity contribution >= 4 is 0 Å². The Hall–Kier alpha value is -3.92. The molecular formula is C21H14FN5O. The Labute approximate surface area is 160 Å². The highest BCUT2D eigenvalue weighted by atomic mass is 19.1. The molecule has 4 aromatic rings. The number of methoxy groups -OCH3 is 1. The minimum absolute atomic E-state index is 0.342. The molecule has 1 aliphatic heterocycles. The smallest absolute Gasteiger partial charge is 0.138 e. The minimum atomic E-state index is -0.347. The van der Waals surface area contributed by atoms with Crippen molar-refractivity contribution in [3.05, 3.63) is 83.5 Å². The molecule has 0 saturated heterocycles. The van der Waals surface area contributed by atoms with E-state index >= 15 is 0 Å². The largest absolute Gasteiger partial charge is 0.497 e. The van der Waals surface area contributed by atoms with Gasteiger partial charge in [0.1, 0.15) is 23.6 Å². The molecule has 7 heteroatoms. The van der Waals surface area contributed by atoms with E-state index in [-0.39, 0.29) is 5.82 Å². The Kier molecular flexibility index (Phi) is 3.69. The van der Waals surface area contributed by atoms with E-state index in [1.807, 2.05) is 22.8 Å². The first-order chi connectivity index (χ1) is 13.7. The molecular weight excluding hydrogens is 357 g/mol. The Morgan fingerprint density at radius 1 is 1.11 bits per heavy atom. The molecule has 0 atom stereocenters. The fourth-order valence-corrected chi connectivity index (χ4v) is 3.30. The van der Waals surface area contributed by atoms with Crippen molar-refractivity contribution < 1.29 is 9.13 Å². The summed E-state index contributed by atoms with van der Waals surface area (Å²) in [6.07, 6.45) is 4.00. The third-order valence-electron chi connectivity index (χ3n) is 4.69. The number of nitrogens with zero attached hydrogens (tertiary/aromatic N) is 5. The number of imidazole rings is 1. The van der Waals surface area contributed by atoms with Gasteiger partial charge in [-0.15, -0.1) is 5.10 Å². The highest BCUT2D eigenvalue weighted by Gasteiger charge is 2.23. The van der Waals surface area contributed by atoms with Crippen molar-refractivity contribution in [1.82, 2.24) is 24.5 Å². The van der Waals surface area contributed by atoms with Gasteiger partial charge in [-0.05, 0) is 30.2 Å². The standard InChI is InChI=1S/C21H14FN5O/c1-28-16-7-9-19-21(11-16)27-15(12-24-25-27)10-20-18(23-13-26(19)20)8-6-14-4-2-3-5-17(14)22/h2-5,7,9,11-13H,10H2,1H3. The van der Waals surface area contributed by atoms with Crippen molar-refractivity contribution in [2.75, 3.05) is 7.11 Å². The second-order valence-corrected chi connectivity index (χ2v) is 6.31. The molecule has 2 aromatic carbocycles. The lowest BCUT2D eigenvalue weighted by Crippen LogP contribution is -2.03. The quantitative estimate of drug-likeness (QED) is 0.425. The molecule has 3 heterocycles. The molecule has 136 valence electrons. The molecule has 5 rings (SSSR count). The monoisotopic (exact) mass is 371 g/mol. The van der Waals surface area contributed by atoms with Crippen LogP contribution in [0.5, 0.6) is 5.75 Å². The molecule has 0 aliphatic carbocycles. The molecule has 0 saturated carbocycles. The summed E-state index contributed by atoms with van der Waals surface area (Å²) >= 11 is 0. The zero-order valence-electron chi connectivity index (χ0n) is 14.9. The highest BCUT2D eigenvalue weighted by Crippen LogP contribution is 2.31. The Morgan fingerprint density at radius 3 is 2.86 bits per heavy atom. The summed E-state index contributed by atoms with van der Waals surface area (Å²) in [4.78, 5) is 4.47. The number of ether oxygens (including phenoxy) is 1. The summed E-state index contributed by atoms with van der Waals surface area (Å²) in [7, 11) is 1.62. The van der Waals surface area contributed by atoms with Crippen molar-refractivity contribution in [3.8, 4) is 29.0 Å². The third-order valence-corrected chi connectivity index (χ3v) is 4.69.